The van der Waals surface area contributed by atoms with E-state index < -0.39 is 10.2 Å². The number of nitrogens with one attached hydrogen (secondary N) is 1. The first-order valence-corrected chi connectivity index (χ1v) is 10.4. The van der Waals surface area contributed by atoms with Crippen LogP contribution in [0.4, 0.5) is 0 Å². The molecule has 0 spiro atoms. The zero-order valence-electron chi connectivity index (χ0n) is 14.7. The standard InChI is InChI=1S/C17H27N3O4S/c1-14-4-8-19(9-5-14)25(22,23)20-10-6-15(7-11-20)17(21)18-13-16-3-2-12-24-16/h2-3,12,14-15H,4-11,13H2,1H3,(H,18,21). The van der Waals surface area contributed by atoms with Crippen molar-refractivity contribution >= 4 is 16.1 Å². The van der Waals surface area contributed by atoms with Gasteiger partial charge in [-0.3, -0.25) is 4.79 Å². The van der Waals surface area contributed by atoms with Crippen molar-refractivity contribution in [3.05, 3.63) is 24.2 Å². The highest BCUT2D eigenvalue weighted by Gasteiger charge is 2.35. The Balaban J connectivity index is 1.48. The molecule has 0 radical (unpaired) electrons. The number of amides is 1. The molecule has 2 fully saturated rings. The molecule has 2 aliphatic heterocycles. The Morgan fingerprint density at radius 1 is 1.16 bits per heavy atom. The summed E-state index contributed by atoms with van der Waals surface area (Å²) in [6, 6.07) is 3.60. The van der Waals surface area contributed by atoms with E-state index in [1.165, 1.54) is 0 Å². The normalized spacial score (nSPS) is 22.1. The van der Waals surface area contributed by atoms with Crippen LogP contribution in [0.1, 0.15) is 38.4 Å². The molecule has 0 unspecified atom stereocenters. The SMILES string of the molecule is CC1CCN(S(=O)(=O)N2CCC(C(=O)NCc3ccco3)CC2)CC1. The van der Waals surface area contributed by atoms with E-state index in [0.717, 1.165) is 12.8 Å². The van der Waals surface area contributed by atoms with Crippen LogP contribution in [0.25, 0.3) is 0 Å². The predicted octanol–water partition coefficient (Wildman–Crippen LogP) is 1.58. The van der Waals surface area contributed by atoms with Crippen LogP contribution in [-0.4, -0.2) is 49.1 Å². The Kier molecular flexibility index (Phi) is 5.81. The van der Waals surface area contributed by atoms with E-state index in [9.17, 15) is 13.2 Å². The Bertz CT molecular complexity index is 658. The molecule has 140 valence electrons. The van der Waals surface area contributed by atoms with Crippen molar-refractivity contribution in [3.63, 3.8) is 0 Å². The van der Waals surface area contributed by atoms with Crippen molar-refractivity contribution in [2.75, 3.05) is 26.2 Å². The van der Waals surface area contributed by atoms with E-state index in [1.54, 1.807) is 20.9 Å². The molecule has 8 heteroatoms. The summed E-state index contributed by atoms with van der Waals surface area (Å²) >= 11 is 0. The van der Waals surface area contributed by atoms with E-state index in [2.05, 4.69) is 12.2 Å². The summed E-state index contributed by atoms with van der Waals surface area (Å²) in [7, 11) is -3.39. The Labute approximate surface area is 149 Å². The Morgan fingerprint density at radius 3 is 2.32 bits per heavy atom. The quantitative estimate of drug-likeness (QED) is 0.854. The zero-order valence-corrected chi connectivity index (χ0v) is 15.5. The maximum Gasteiger partial charge on any atom is 0.281 e. The molecule has 2 saturated heterocycles. The van der Waals surface area contributed by atoms with Gasteiger partial charge in [0, 0.05) is 32.1 Å². The van der Waals surface area contributed by atoms with Gasteiger partial charge >= 0.3 is 0 Å². The van der Waals surface area contributed by atoms with Gasteiger partial charge in [-0.05, 0) is 43.7 Å². The van der Waals surface area contributed by atoms with Crippen molar-refractivity contribution < 1.29 is 17.6 Å². The van der Waals surface area contributed by atoms with Crippen LogP contribution >= 0.6 is 0 Å². The van der Waals surface area contributed by atoms with Gasteiger partial charge in [0.05, 0.1) is 12.8 Å². The van der Waals surface area contributed by atoms with E-state index in [4.69, 9.17) is 4.42 Å². The average Bonchev–Trinajstić information content (AvgIpc) is 3.14. The van der Waals surface area contributed by atoms with Gasteiger partial charge in [-0.25, -0.2) is 0 Å². The third-order valence-electron chi connectivity index (χ3n) is 5.24. The minimum atomic E-state index is -3.39. The van der Waals surface area contributed by atoms with Gasteiger partial charge in [-0.15, -0.1) is 0 Å². The topological polar surface area (TPSA) is 82.9 Å². The monoisotopic (exact) mass is 369 g/mol. The molecule has 3 heterocycles. The van der Waals surface area contributed by atoms with E-state index in [-0.39, 0.29) is 11.8 Å². The molecular formula is C17H27N3O4S. The van der Waals surface area contributed by atoms with E-state index in [0.29, 0.717) is 57.2 Å². The molecule has 3 rings (SSSR count). The van der Waals surface area contributed by atoms with Crippen LogP contribution in [-0.2, 0) is 21.5 Å². The number of carbonyl (C=O) groups excluding carboxylic acids is 1. The molecule has 0 saturated carbocycles. The maximum absolute atomic E-state index is 12.7. The third-order valence-corrected chi connectivity index (χ3v) is 7.27. The Hall–Kier alpha value is -1.38. The molecule has 1 aromatic heterocycles. The lowest BCUT2D eigenvalue weighted by Gasteiger charge is -2.36. The minimum absolute atomic E-state index is 0.0276. The Morgan fingerprint density at radius 2 is 1.76 bits per heavy atom. The summed E-state index contributed by atoms with van der Waals surface area (Å²) in [6.07, 6.45) is 4.54. The zero-order chi connectivity index (χ0) is 17.9. The summed E-state index contributed by atoms with van der Waals surface area (Å²) < 4.78 is 33.8. The second-order valence-electron chi connectivity index (χ2n) is 7.06. The van der Waals surface area contributed by atoms with Gasteiger partial charge in [-0.2, -0.15) is 17.0 Å². The second kappa shape index (κ2) is 7.88. The molecular weight excluding hydrogens is 342 g/mol. The summed E-state index contributed by atoms with van der Waals surface area (Å²) in [6.45, 7) is 4.56. The third kappa shape index (κ3) is 4.43. The van der Waals surface area contributed by atoms with Crippen LogP contribution in [0.2, 0.25) is 0 Å². The van der Waals surface area contributed by atoms with Crippen LogP contribution in [0, 0.1) is 11.8 Å². The van der Waals surface area contributed by atoms with Crippen molar-refractivity contribution in [1.29, 1.82) is 0 Å². The second-order valence-corrected chi connectivity index (χ2v) is 8.99. The van der Waals surface area contributed by atoms with Crippen molar-refractivity contribution in [2.24, 2.45) is 11.8 Å². The number of nitrogens with zero attached hydrogens (tertiary/aromatic N) is 2. The fourth-order valence-electron chi connectivity index (χ4n) is 3.46. The number of carbonyl (C=O) groups is 1. The van der Waals surface area contributed by atoms with E-state index >= 15 is 0 Å². The van der Waals surface area contributed by atoms with Gasteiger partial charge < -0.3 is 9.73 Å². The van der Waals surface area contributed by atoms with Crippen LogP contribution < -0.4 is 5.32 Å². The summed E-state index contributed by atoms with van der Waals surface area (Å²) in [5.74, 6) is 1.14. The van der Waals surface area contributed by atoms with Crippen molar-refractivity contribution in [3.8, 4) is 0 Å². The van der Waals surface area contributed by atoms with Crippen LogP contribution in [0.5, 0.6) is 0 Å². The lowest BCUT2D eigenvalue weighted by atomic mass is 9.97. The lowest BCUT2D eigenvalue weighted by Crippen LogP contribution is -2.50. The summed E-state index contributed by atoms with van der Waals surface area (Å²) in [5, 5.41) is 2.87. The highest BCUT2D eigenvalue weighted by Crippen LogP contribution is 2.25. The van der Waals surface area contributed by atoms with Crippen LogP contribution in [0.15, 0.2) is 22.8 Å². The molecule has 0 bridgehead atoms. The van der Waals surface area contributed by atoms with Crippen molar-refractivity contribution in [1.82, 2.24) is 13.9 Å². The first-order valence-electron chi connectivity index (χ1n) is 9.02. The summed E-state index contributed by atoms with van der Waals surface area (Å²) in [5.41, 5.74) is 0. The smallest absolute Gasteiger partial charge is 0.281 e. The molecule has 1 amide bonds. The molecule has 1 N–H and O–H groups in total. The highest BCUT2D eigenvalue weighted by molar-refractivity contribution is 7.86. The van der Waals surface area contributed by atoms with Gasteiger partial charge in [0.25, 0.3) is 10.2 Å². The van der Waals surface area contributed by atoms with Gasteiger partial charge in [0.2, 0.25) is 5.91 Å². The fraction of sp³-hybridized carbons (Fsp3) is 0.706. The number of furan rings is 1. The number of rotatable bonds is 5. The van der Waals surface area contributed by atoms with Gasteiger partial charge in [-0.1, -0.05) is 6.92 Å². The summed E-state index contributed by atoms with van der Waals surface area (Å²) in [4.78, 5) is 12.3. The first-order chi connectivity index (χ1) is 12.0. The number of hydrogen-bond donors (Lipinski definition) is 1. The molecule has 1 aromatic rings. The molecule has 0 atom stereocenters. The number of hydrogen-bond acceptors (Lipinski definition) is 4. The molecule has 25 heavy (non-hydrogen) atoms. The van der Waals surface area contributed by atoms with Gasteiger partial charge in [0.15, 0.2) is 0 Å². The largest absolute Gasteiger partial charge is 0.467 e. The van der Waals surface area contributed by atoms with Crippen LogP contribution in [0.3, 0.4) is 0 Å². The molecule has 0 aromatic carbocycles. The highest BCUT2D eigenvalue weighted by atomic mass is 32.2. The van der Waals surface area contributed by atoms with Crippen molar-refractivity contribution in [2.45, 2.75) is 39.2 Å². The molecule has 7 nitrogen and oxygen atoms in total. The molecule has 2 aliphatic rings. The maximum atomic E-state index is 12.7. The fourth-order valence-corrected chi connectivity index (χ4v) is 5.13. The minimum Gasteiger partial charge on any atom is -0.467 e. The molecule has 0 aliphatic carbocycles. The average molecular weight is 369 g/mol. The predicted molar refractivity (Wildman–Crippen MR) is 93.7 cm³/mol. The van der Waals surface area contributed by atoms with Gasteiger partial charge in [0.1, 0.15) is 5.76 Å². The number of piperidine rings is 2. The van der Waals surface area contributed by atoms with E-state index in [1.807, 2.05) is 6.07 Å². The lowest BCUT2D eigenvalue weighted by molar-refractivity contribution is -0.126. The first kappa shape index (κ1) is 18.4.